The highest BCUT2D eigenvalue weighted by atomic mass is 127. The predicted molar refractivity (Wildman–Crippen MR) is 159 cm³/mol. The van der Waals surface area contributed by atoms with Gasteiger partial charge in [0, 0.05) is 31.0 Å². The van der Waals surface area contributed by atoms with Crippen LogP contribution in [0.15, 0.2) is 23.8 Å². The van der Waals surface area contributed by atoms with Gasteiger partial charge in [-0.25, -0.2) is 0 Å². The summed E-state index contributed by atoms with van der Waals surface area (Å²) in [6.45, 7) is -0.240. The number of benzene rings is 1. The van der Waals surface area contributed by atoms with Gasteiger partial charge >= 0.3 is 0 Å². The molecule has 4 N–H and O–H groups in total. The normalized spacial score (nSPS) is 23.6. The standard InChI is InChI=1S/C30H43IN2O7/c1-39-26-15-20(18-35)14-23(31)29(26)40-25-17-21(30(38)32-12-13-34)16-24(28(25)37)33(22-8-4-5-9-22)27(36)11-10-19-6-2-3-7-19/h14-15,17,19,22,24-25,28,34-35,37H,2-13,16,18H2,1H3,(H,32,38)/t24-,25+,28+/m1/s1. The summed E-state index contributed by atoms with van der Waals surface area (Å²) in [6.07, 6.45) is 9.79. The first-order valence-corrected chi connectivity index (χ1v) is 15.7. The average molecular weight is 671 g/mol. The van der Waals surface area contributed by atoms with Crippen molar-refractivity contribution in [1.82, 2.24) is 10.2 Å². The van der Waals surface area contributed by atoms with Crippen molar-refractivity contribution in [3.05, 3.63) is 32.9 Å². The quantitative estimate of drug-likeness (QED) is 0.251. The van der Waals surface area contributed by atoms with Crippen LogP contribution in [-0.2, 0) is 16.2 Å². The molecule has 40 heavy (non-hydrogen) atoms. The molecule has 222 valence electrons. The van der Waals surface area contributed by atoms with Crippen molar-refractivity contribution in [2.24, 2.45) is 5.92 Å². The van der Waals surface area contributed by atoms with E-state index in [4.69, 9.17) is 9.47 Å². The van der Waals surface area contributed by atoms with Crippen LogP contribution < -0.4 is 14.8 Å². The number of halogens is 1. The summed E-state index contributed by atoms with van der Waals surface area (Å²) >= 11 is 2.10. The summed E-state index contributed by atoms with van der Waals surface area (Å²) in [5.41, 5.74) is 1.08. The van der Waals surface area contributed by atoms with Gasteiger partial charge in [-0.1, -0.05) is 38.5 Å². The Hall–Kier alpha value is -1.89. The fourth-order valence-corrected chi connectivity index (χ4v) is 7.25. The third kappa shape index (κ3) is 7.49. The Morgan fingerprint density at radius 3 is 2.45 bits per heavy atom. The molecular weight excluding hydrogens is 627 g/mol. The van der Waals surface area contributed by atoms with Crippen molar-refractivity contribution in [2.45, 2.75) is 102 Å². The summed E-state index contributed by atoms with van der Waals surface area (Å²) in [6, 6.07) is 2.86. The van der Waals surface area contributed by atoms with Gasteiger partial charge in [0.1, 0.15) is 12.2 Å². The van der Waals surface area contributed by atoms with E-state index in [1.54, 1.807) is 18.2 Å². The Morgan fingerprint density at radius 1 is 1.10 bits per heavy atom. The highest BCUT2D eigenvalue weighted by Gasteiger charge is 2.43. The number of ether oxygens (including phenoxy) is 2. The fourth-order valence-electron chi connectivity index (χ4n) is 6.46. The number of carbonyl (C=O) groups is 2. The Bertz CT molecular complexity index is 1050. The number of methoxy groups -OCH3 is 1. The smallest absolute Gasteiger partial charge is 0.247 e. The maximum atomic E-state index is 13.8. The van der Waals surface area contributed by atoms with Crippen molar-refractivity contribution in [1.29, 1.82) is 0 Å². The molecule has 1 aromatic rings. The topological polar surface area (TPSA) is 129 Å². The van der Waals surface area contributed by atoms with Crippen LogP contribution in [0.4, 0.5) is 0 Å². The summed E-state index contributed by atoms with van der Waals surface area (Å²) in [5.74, 6) is 1.08. The number of rotatable bonds is 12. The van der Waals surface area contributed by atoms with Gasteiger partial charge in [-0.15, -0.1) is 0 Å². The average Bonchev–Trinajstić information content (AvgIpc) is 3.68. The minimum absolute atomic E-state index is 0.0229. The molecule has 2 fully saturated rings. The minimum atomic E-state index is -1.07. The first kappa shape index (κ1) is 31.1. The van der Waals surface area contributed by atoms with Crippen LogP contribution in [0.3, 0.4) is 0 Å². The summed E-state index contributed by atoms with van der Waals surface area (Å²) in [7, 11) is 1.51. The van der Waals surface area contributed by atoms with E-state index in [9.17, 15) is 24.9 Å². The third-order valence-corrected chi connectivity index (χ3v) is 9.35. The zero-order valence-corrected chi connectivity index (χ0v) is 25.5. The summed E-state index contributed by atoms with van der Waals surface area (Å²) in [5, 5.41) is 33.4. The van der Waals surface area contributed by atoms with Gasteiger partial charge in [0.15, 0.2) is 11.5 Å². The molecule has 0 spiro atoms. The molecule has 0 aliphatic heterocycles. The monoisotopic (exact) mass is 670 g/mol. The van der Waals surface area contributed by atoms with Crippen LogP contribution in [0.5, 0.6) is 11.5 Å². The molecular formula is C30H43IN2O7. The molecule has 1 aromatic carbocycles. The minimum Gasteiger partial charge on any atom is -0.493 e. The number of nitrogens with zero attached hydrogens (tertiary/aromatic N) is 1. The lowest BCUT2D eigenvalue weighted by atomic mass is 9.86. The molecule has 0 heterocycles. The highest BCUT2D eigenvalue weighted by Crippen LogP contribution is 2.39. The second-order valence-corrected chi connectivity index (χ2v) is 12.4. The van der Waals surface area contributed by atoms with Gasteiger partial charge < -0.3 is 35.0 Å². The lowest BCUT2D eigenvalue weighted by molar-refractivity contribution is -0.142. The van der Waals surface area contributed by atoms with Gasteiger partial charge in [0.25, 0.3) is 0 Å². The molecule has 4 rings (SSSR count). The van der Waals surface area contributed by atoms with Gasteiger partial charge in [-0.3, -0.25) is 9.59 Å². The molecule has 9 nitrogen and oxygen atoms in total. The van der Waals surface area contributed by atoms with Crippen molar-refractivity contribution in [3.8, 4) is 11.5 Å². The molecule has 10 heteroatoms. The Balaban J connectivity index is 1.65. The molecule has 3 aliphatic carbocycles. The Morgan fingerprint density at radius 2 is 1.80 bits per heavy atom. The molecule has 3 aliphatic rings. The van der Waals surface area contributed by atoms with Gasteiger partial charge in [0.05, 0.1) is 29.9 Å². The lowest BCUT2D eigenvalue weighted by Crippen LogP contribution is -2.57. The van der Waals surface area contributed by atoms with Crippen LogP contribution in [0, 0.1) is 9.49 Å². The Kier molecular flexibility index (Phi) is 11.5. The van der Waals surface area contributed by atoms with Gasteiger partial charge in [0.2, 0.25) is 11.8 Å². The Labute approximate surface area is 250 Å². The molecule has 0 radical (unpaired) electrons. The predicted octanol–water partition coefficient (Wildman–Crippen LogP) is 3.45. The fraction of sp³-hybridized carbons (Fsp3) is 0.667. The van der Waals surface area contributed by atoms with Crippen LogP contribution in [0.2, 0.25) is 0 Å². The van der Waals surface area contributed by atoms with E-state index in [1.807, 2.05) is 4.90 Å². The zero-order chi connectivity index (χ0) is 28.6. The number of nitrogens with one attached hydrogen (secondary N) is 1. The van der Waals surface area contributed by atoms with Crippen molar-refractivity contribution in [2.75, 3.05) is 20.3 Å². The van der Waals surface area contributed by atoms with Crippen LogP contribution >= 0.6 is 22.6 Å². The van der Waals surface area contributed by atoms with E-state index in [2.05, 4.69) is 27.9 Å². The van der Waals surface area contributed by atoms with E-state index in [0.717, 1.165) is 32.1 Å². The first-order chi connectivity index (χ1) is 19.4. The lowest BCUT2D eigenvalue weighted by Gasteiger charge is -2.43. The number of carbonyl (C=O) groups excluding carboxylic acids is 2. The molecule has 0 aromatic heterocycles. The van der Waals surface area contributed by atoms with Crippen LogP contribution in [0.25, 0.3) is 0 Å². The molecule has 2 saturated carbocycles. The molecule has 0 unspecified atom stereocenters. The van der Waals surface area contributed by atoms with Gasteiger partial charge in [-0.05, 0) is 71.5 Å². The maximum absolute atomic E-state index is 13.8. The molecule has 3 atom stereocenters. The summed E-state index contributed by atoms with van der Waals surface area (Å²) in [4.78, 5) is 28.8. The number of hydrogen-bond acceptors (Lipinski definition) is 7. The number of amides is 2. The van der Waals surface area contributed by atoms with E-state index >= 15 is 0 Å². The number of aliphatic hydroxyl groups is 3. The molecule has 0 bridgehead atoms. The maximum Gasteiger partial charge on any atom is 0.247 e. The third-order valence-electron chi connectivity index (χ3n) is 8.54. The second-order valence-electron chi connectivity index (χ2n) is 11.2. The van der Waals surface area contributed by atoms with E-state index < -0.39 is 18.2 Å². The van der Waals surface area contributed by atoms with Crippen LogP contribution in [0.1, 0.15) is 76.2 Å². The first-order valence-electron chi connectivity index (χ1n) is 14.6. The largest absolute Gasteiger partial charge is 0.493 e. The van der Waals surface area contributed by atoms with Crippen molar-refractivity contribution < 1.29 is 34.4 Å². The highest BCUT2D eigenvalue weighted by molar-refractivity contribution is 14.1. The zero-order valence-electron chi connectivity index (χ0n) is 23.3. The van der Waals surface area contributed by atoms with E-state index in [1.165, 1.54) is 32.8 Å². The summed E-state index contributed by atoms with van der Waals surface area (Å²) < 4.78 is 12.6. The van der Waals surface area contributed by atoms with E-state index in [0.29, 0.717) is 38.5 Å². The molecule has 0 saturated heterocycles. The number of aliphatic hydroxyl groups excluding tert-OH is 3. The van der Waals surface area contributed by atoms with Gasteiger partial charge in [-0.2, -0.15) is 0 Å². The second kappa shape index (κ2) is 14.8. The van der Waals surface area contributed by atoms with Crippen molar-refractivity contribution in [3.63, 3.8) is 0 Å². The van der Waals surface area contributed by atoms with Crippen molar-refractivity contribution >= 4 is 34.4 Å². The number of hydrogen-bond donors (Lipinski definition) is 4. The molecule has 2 amide bonds. The SMILES string of the molecule is COc1cc(CO)cc(I)c1O[C@H]1C=C(C(=O)NCCO)C[C@@H](N(C(=O)CCC2CCCC2)C2CCCC2)[C@@H]1O. The van der Waals surface area contributed by atoms with Crippen LogP contribution in [-0.4, -0.2) is 76.6 Å². The van der Waals surface area contributed by atoms with E-state index in [-0.39, 0.29) is 44.0 Å².